The summed E-state index contributed by atoms with van der Waals surface area (Å²) in [5.41, 5.74) is 0.222. The van der Waals surface area contributed by atoms with Gasteiger partial charge in [0.25, 0.3) is 0 Å². The number of allylic oxidation sites excluding steroid dienone is 2. The normalized spacial score (nSPS) is 25.4. The van der Waals surface area contributed by atoms with Gasteiger partial charge in [-0.05, 0) is 44.4 Å². The number of methoxy groups -OCH3 is 1. The Morgan fingerprint density at radius 1 is 1.71 bits per heavy atom. The van der Waals surface area contributed by atoms with Crippen molar-refractivity contribution in [2.45, 2.75) is 33.1 Å². The number of carbonyl (C=O) groups excluding carboxylic acids is 1. The molecule has 0 amide bonds. The molecule has 0 fully saturated rings. The summed E-state index contributed by atoms with van der Waals surface area (Å²) in [6.07, 6.45) is 5.03. The first-order valence-electron chi connectivity index (χ1n) is 4.90. The van der Waals surface area contributed by atoms with Crippen LogP contribution in [0, 0.1) is 11.3 Å². The molecule has 0 saturated heterocycles. The van der Waals surface area contributed by atoms with Gasteiger partial charge in [-0.15, -0.1) is 0 Å². The Bertz CT molecular complexity index is 256. The number of esters is 1. The topological polar surface area (TPSA) is 26.3 Å². The molecule has 0 saturated carbocycles. The lowest BCUT2D eigenvalue weighted by atomic mass is 9.71. The molecular formula is C11H17IO2. The van der Waals surface area contributed by atoms with Crippen LogP contribution in [0.3, 0.4) is 0 Å². The summed E-state index contributed by atoms with van der Waals surface area (Å²) in [5, 5.41) is 0. The molecule has 1 rings (SSSR count). The third-order valence-electron chi connectivity index (χ3n) is 3.00. The lowest BCUT2D eigenvalue weighted by Gasteiger charge is -2.37. The quantitative estimate of drug-likeness (QED) is 0.578. The molecular weight excluding hydrogens is 291 g/mol. The van der Waals surface area contributed by atoms with Crippen LogP contribution in [0.5, 0.6) is 0 Å². The molecule has 0 radical (unpaired) electrons. The summed E-state index contributed by atoms with van der Waals surface area (Å²) in [4.78, 5) is 11.3. The van der Waals surface area contributed by atoms with E-state index in [4.69, 9.17) is 4.74 Å². The molecule has 0 heterocycles. The van der Waals surface area contributed by atoms with Crippen LogP contribution in [0.15, 0.2) is 9.66 Å². The van der Waals surface area contributed by atoms with Crippen molar-refractivity contribution < 1.29 is 9.53 Å². The van der Waals surface area contributed by atoms with E-state index in [9.17, 15) is 4.79 Å². The second-order valence-corrected chi connectivity index (χ2v) is 5.69. The molecule has 0 bridgehead atoms. The van der Waals surface area contributed by atoms with Crippen LogP contribution in [-0.2, 0) is 9.53 Å². The van der Waals surface area contributed by atoms with Gasteiger partial charge >= 0.3 is 5.97 Å². The minimum absolute atomic E-state index is 0.104. The van der Waals surface area contributed by atoms with Crippen molar-refractivity contribution in [2.75, 3.05) is 7.11 Å². The highest BCUT2D eigenvalue weighted by Gasteiger charge is 2.35. The third kappa shape index (κ3) is 2.72. The van der Waals surface area contributed by atoms with Gasteiger partial charge in [0.1, 0.15) is 0 Å². The standard InChI is InChI=1S/C11H17IO2/c1-11(2)6-4-5-9(12)8(11)7-10(13)14-3/h5,8H,4,6-7H2,1-3H3/t8-/m1/s1. The van der Waals surface area contributed by atoms with Gasteiger partial charge < -0.3 is 4.74 Å². The van der Waals surface area contributed by atoms with Crippen LogP contribution in [0.1, 0.15) is 33.1 Å². The van der Waals surface area contributed by atoms with E-state index in [0.29, 0.717) is 12.3 Å². The maximum absolute atomic E-state index is 11.3. The van der Waals surface area contributed by atoms with Crippen LogP contribution in [0.4, 0.5) is 0 Å². The van der Waals surface area contributed by atoms with Crippen LogP contribution in [0.2, 0.25) is 0 Å². The number of halogens is 1. The first kappa shape index (κ1) is 12.0. The second kappa shape index (κ2) is 4.64. The lowest BCUT2D eigenvalue weighted by molar-refractivity contribution is -0.142. The van der Waals surface area contributed by atoms with E-state index < -0.39 is 0 Å². The summed E-state index contributed by atoms with van der Waals surface area (Å²) in [6.45, 7) is 4.46. The minimum Gasteiger partial charge on any atom is -0.469 e. The summed E-state index contributed by atoms with van der Waals surface area (Å²) in [5.74, 6) is 0.233. The highest BCUT2D eigenvalue weighted by Crippen LogP contribution is 2.45. The van der Waals surface area contributed by atoms with Gasteiger partial charge in [0.2, 0.25) is 0 Å². The molecule has 1 atom stereocenters. The monoisotopic (exact) mass is 308 g/mol. The van der Waals surface area contributed by atoms with Crippen molar-refractivity contribution in [1.82, 2.24) is 0 Å². The zero-order valence-electron chi connectivity index (χ0n) is 8.97. The average molecular weight is 308 g/mol. The summed E-state index contributed by atoms with van der Waals surface area (Å²) < 4.78 is 6.03. The van der Waals surface area contributed by atoms with Crippen molar-refractivity contribution in [3.63, 3.8) is 0 Å². The number of carbonyl (C=O) groups is 1. The molecule has 0 N–H and O–H groups in total. The SMILES string of the molecule is COC(=O)C[C@@H]1C(I)=CCCC1(C)C. The Hall–Kier alpha value is -0.0600. The van der Waals surface area contributed by atoms with Gasteiger partial charge in [-0.1, -0.05) is 19.9 Å². The molecule has 0 aromatic rings. The maximum atomic E-state index is 11.3. The van der Waals surface area contributed by atoms with Crippen LogP contribution in [0.25, 0.3) is 0 Å². The number of ether oxygens (including phenoxy) is 1. The Balaban J connectivity index is 2.76. The number of rotatable bonds is 2. The van der Waals surface area contributed by atoms with E-state index >= 15 is 0 Å². The van der Waals surface area contributed by atoms with Crippen molar-refractivity contribution in [3.8, 4) is 0 Å². The van der Waals surface area contributed by atoms with Crippen molar-refractivity contribution in [3.05, 3.63) is 9.66 Å². The molecule has 3 heteroatoms. The van der Waals surface area contributed by atoms with Crippen molar-refractivity contribution >= 4 is 28.6 Å². The Morgan fingerprint density at radius 3 is 2.86 bits per heavy atom. The van der Waals surface area contributed by atoms with Crippen LogP contribution < -0.4 is 0 Å². The lowest BCUT2D eigenvalue weighted by Crippen LogP contribution is -2.29. The van der Waals surface area contributed by atoms with Crippen LogP contribution >= 0.6 is 22.6 Å². The Morgan fingerprint density at radius 2 is 2.36 bits per heavy atom. The molecule has 1 aliphatic carbocycles. The Labute approximate surface area is 99.2 Å². The van der Waals surface area contributed by atoms with Gasteiger partial charge in [-0.3, -0.25) is 4.79 Å². The first-order chi connectivity index (χ1) is 6.47. The van der Waals surface area contributed by atoms with Gasteiger partial charge in [-0.25, -0.2) is 0 Å². The zero-order chi connectivity index (χ0) is 10.8. The summed E-state index contributed by atoms with van der Waals surface area (Å²) >= 11 is 2.35. The largest absolute Gasteiger partial charge is 0.469 e. The van der Waals surface area contributed by atoms with Crippen LogP contribution in [-0.4, -0.2) is 13.1 Å². The minimum atomic E-state index is -0.104. The molecule has 2 nitrogen and oxygen atoms in total. The fourth-order valence-corrected chi connectivity index (χ4v) is 3.27. The highest BCUT2D eigenvalue weighted by molar-refractivity contribution is 14.1. The molecule has 1 aliphatic rings. The second-order valence-electron chi connectivity index (χ2n) is 4.45. The van der Waals surface area contributed by atoms with Gasteiger partial charge in [0.15, 0.2) is 0 Å². The number of hydrogen-bond donors (Lipinski definition) is 0. The zero-order valence-corrected chi connectivity index (χ0v) is 11.1. The smallest absolute Gasteiger partial charge is 0.306 e. The highest BCUT2D eigenvalue weighted by atomic mass is 127. The molecule has 0 aromatic heterocycles. The van der Waals surface area contributed by atoms with Crippen molar-refractivity contribution in [1.29, 1.82) is 0 Å². The Kier molecular flexibility index (Phi) is 3.98. The fraction of sp³-hybridized carbons (Fsp3) is 0.727. The van der Waals surface area contributed by atoms with Gasteiger partial charge in [0.05, 0.1) is 13.5 Å². The predicted octanol–water partition coefficient (Wildman–Crippen LogP) is 3.30. The summed E-state index contributed by atoms with van der Waals surface area (Å²) in [6, 6.07) is 0. The van der Waals surface area contributed by atoms with E-state index in [-0.39, 0.29) is 11.4 Å². The molecule has 14 heavy (non-hydrogen) atoms. The molecule has 0 spiro atoms. The molecule has 0 aromatic carbocycles. The first-order valence-corrected chi connectivity index (χ1v) is 5.97. The molecule has 0 unspecified atom stereocenters. The molecule has 0 aliphatic heterocycles. The summed E-state index contributed by atoms with van der Waals surface area (Å²) in [7, 11) is 1.45. The van der Waals surface area contributed by atoms with Gasteiger partial charge in [0, 0.05) is 5.92 Å². The van der Waals surface area contributed by atoms with E-state index in [0.717, 1.165) is 12.8 Å². The number of hydrogen-bond acceptors (Lipinski definition) is 2. The van der Waals surface area contributed by atoms with E-state index in [1.54, 1.807) is 0 Å². The van der Waals surface area contributed by atoms with E-state index in [1.807, 2.05) is 0 Å². The van der Waals surface area contributed by atoms with E-state index in [2.05, 4.69) is 42.5 Å². The predicted molar refractivity (Wildman–Crippen MR) is 65.2 cm³/mol. The molecule has 80 valence electrons. The van der Waals surface area contributed by atoms with Crippen molar-refractivity contribution in [2.24, 2.45) is 11.3 Å². The maximum Gasteiger partial charge on any atom is 0.306 e. The van der Waals surface area contributed by atoms with Gasteiger partial charge in [-0.2, -0.15) is 0 Å². The average Bonchev–Trinajstić information content (AvgIpc) is 2.11. The fourth-order valence-electron chi connectivity index (χ4n) is 1.90. The third-order valence-corrected chi connectivity index (χ3v) is 4.19. The van der Waals surface area contributed by atoms with E-state index in [1.165, 1.54) is 10.7 Å².